The minimum absolute atomic E-state index is 0.181. The normalized spacial score (nSPS) is 15.4. The Hall–Kier alpha value is -1.91. The lowest BCUT2D eigenvalue weighted by atomic mass is 10.2. The van der Waals surface area contributed by atoms with Gasteiger partial charge in [-0.1, -0.05) is 0 Å². The fourth-order valence-electron chi connectivity index (χ4n) is 2.24. The number of rotatable bonds is 6. The molecule has 6 nitrogen and oxygen atoms in total. The number of hydrogen-bond acceptors (Lipinski definition) is 5. The maximum Gasteiger partial charge on any atom is 0.338 e. The molecule has 7 heteroatoms. The minimum atomic E-state index is -3.46. The van der Waals surface area contributed by atoms with E-state index in [0.717, 1.165) is 12.8 Å². The highest BCUT2D eigenvalue weighted by molar-refractivity contribution is 7.89. The summed E-state index contributed by atoms with van der Waals surface area (Å²) in [6.45, 7) is 1.27. The number of unbranched alkanes of at least 4 members (excludes halogenated alkanes) is 1. The first-order valence-electron chi connectivity index (χ1n) is 7.20. The molecule has 1 aromatic carbocycles. The van der Waals surface area contributed by atoms with Crippen LogP contribution in [0.15, 0.2) is 29.2 Å². The van der Waals surface area contributed by atoms with Crippen LogP contribution in [-0.2, 0) is 14.8 Å². The van der Waals surface area contributed by atoms with Crippen molar-refractivity contribution < 1.29 is 17.9 Å². The first-order chi connectivity index (χ1) is 10.6. The molecule has 0 N–H and O–H groups in total. The van der Waals surface area contributed by atoms with Gasteiger partial charge in [-0.3, -0.25) is 0 Å². The van der Waals surface area contributed by atoms with Crippen LogP contribution in [0.5, 0.6) is 0 Å². The van der Waals surface area contributed by atoms with Crippen LogP contribution in [0.25, 0.3) is 0 Å². The lowest BCUT2D eigenvalue weighted by Crippen LogP contribution is -2.27. The van der Waals surface area contributed by atoms with Crippen molar-refractivity contribution in [2.45, 2.75) is 30.6 Å². The van der Waals surface area contributed by atoms with Gasteiger partial charge in [-0.25, -0.2) is 13.2 Å². The Morgan fingerprint density at radius 2 is 1.86 bits per heavy atom. The minimum Gasteiger partial charge on any atom is -0.462 e. The molecule has 22 heavy (non-hydrogen) atoms. The van der Waals surface area contributed by atoms with E-state index in [2.05, 4.69) is 0 Å². The predicted octanol–water partition coefficient (Wildman–Crippen LogP) is 1.93. The second kappa shape index (κ2) is 7.38. The number of sulfonamides is 1. The number of carbonyl (C=O) groups excluding carboxylic acids is 1. The molecule has 0 radical (unpaired) electrons. The van der Waals surface area contributed by atoms with Gasteiger partial charge in [-0.2, -0.15) is 9.57 Å². The molecule has 0 aliphatic carbocycles. The van der Waals surface area contributed by atoms with Crippen LogP contribution in [0.4, 0.5) is 0 Å². The summed E-state index contributed by atoms with van der Waals surface area (Å²) in [5, 5.41) is 8.39. The Balaban J connectivity index is 2.01. The standard InChI is InChI=1S/C15H18N2O4S/c16-9-1-4-12-21-15(18)13-5-7-14(8-6-13)22(19,20)17-10-2-3-11-17/h5-8H,1-4,10-12H2. The zero-order valence-corrected chi connectivity index (χ0v) is 13.0. The highest BCUT2D eigenvalue weighted by atomic mass is 32.2. The molecule has 0 amide bonds. The van der Waals surface area contributed by atoms with Gasteiger partial charge in [-0.05, 0) is 43.5 Å². The molecule has 1 saturated heterocycles. The molecule has 1 fully saturated rings. The Kier molecular flexibility index (Phi) is 5.52. The maximum atomic E-state index is 12.3. The van der Waals surface area contributed by atoms with E-state index in [0.29, 0.717) is 31.5 Å². The summed E-state index contributed by atoms with van der Waals surface area (Å²) in [6.07, 6.45) is 2.59. The largest absolute Gasteiger partial charge is 0.462 e. The van der Waals surface area contributed by atoms with E-state index in [9.17, 15) is 13.2 Å². The van der Waals surface area contributed by atoms with Crippen LogP contribution >= 0.6 is 0 Å². The predicted molar refractivity (Wildman–Crippen MR) is 79.6 cm³/mol. The third-order valence-electron chi connectivity index (χ3n) is 3.46. The van der Waals surface area contributed by atoms with Crippen molar-refractivity contribution in [1.82, 2.24) is 4.31 Å². The molecule has 0 unspecified atom stereocenters. The highest BCUT2D eigenvalue weighted by Crippen LogP contribution is 2.21. The summed E-state index contributed by atoms with van der Waals surface area (Å²) >= 11 is 0. The summed E-state index contributed by atoms with van der Waals surface area (Å²) in [4.78, 5) is 12.0. The van der Waals surface area contributed by atoms with Crippen molar-refractivity contribution in [1.29, 1.82) is 5.26 Å². The van der Waals surface area contributed by atoms with Gasteiger partial charge in [0.05, 0.1) is 23.1 Å². The topological polar surface area (TPSA) is 87.5 Å². The Labute approximate surface area is 130 Å². The second-order valence-corrected chi connectivity index (χ2v) is 6.97. The monoisotopic (exact) mass is 322 g/mol. The Morgan fingerprint density at radius 1 is 1.23 bits per heavy atom. The summed E-state index contributed by atoms with van der Waals surface area (Å²) < 4.78 is 31.1. The molecule has 0 saturated carbocycles. The zero-order chi connectivity index (χ0) is 16.0. The molecule has 1 heterocycles. The van der Waals surface area contributed by atoms with E-state index in [1.165, 1.54) is 28.6 Å². The van der Waals surface area contributed by atoms with Gasteiger partial charge < -0.3 is 4.74 Å². The molecule has 0 atom stereocenters. The Bertz CT molecular complexity index is 656. The lowest BCUT2D eigenvalue weighted by Gasteiger charge is -2.15. The van der Waals surface area contributed by atoms with E-state index in [1.54, 1.807) is 0 Å². The average Bonchev–Trinajstić information content (AvgIpc) is 3.07. The van der Waals surface area contributed by atoms with Crippen molar-refractivity contribution in [2.75, 3.05) is 19.7 Å². The number of ether oxygens (including phenoxy) is 1. The van der Waals surface area contributed by atoms with Gasteiger partial charge in [0.1, 0.15) is 0 Å². The molecule has 0 spiro atoms. The smallest absolute Gasteiger partial charge is 0.338 e. The van der Waals surface area contributed by atoms with Gasteiger partial charge >= 0.3 is 5.97 Å². The zero-order valence-electron chi connectivity index (χ0n) is 12.2. The summed E-state index contributed by atoms with van der Waals surface area (Å²) in [6, 6.07) is 7.74. The van der Waals surface area contributed by atoms with Crippen molar-refractivity contribution >= 4 is 16.0 Å². The number of carbonyl (C=O) groups is 1. The molecule has 2 rings (SSSR count). The first kappa shape index (κ1) is 16.5. The molecular weight excluding hydrogens is 304 g/mol. The van der Waals surface area contributed by atoms with Gasteiger partial charge in [-0.15, -0.1) is 0 Å². The average molecular weight is 322 g/mol. The van der Waals surface area contributed by atoms with Crippen molar-refractivity contribution in [2.24, 2.45) is 0 Å². The molecule has 1 aromatic rings. The van der Waals surface area contributed by atoms with E-state index in [4.69, 9.17) is 10.00 Å². The molecule has 1 aliphatic heterocycles. The highest BCUT2D eigenvalue weighted by Gasteiger charge is 2.27. The summed E-state index contributed by atoms with van der Waals surface area (Å²) in [5.74, 6) is -0.511. The first-order valence-corrected chi connectivity index (χ1v) is 8.64. The molecule has 0 aromatic heterocycles. The third kappa shape index (κ3) is 3.84. The van der Waals surface area contributed by atoms with Crippen LogP contribution in [0, 0.1) is 11.3 Å². The summed E-state index contributed by atoms with van der Waals surface area (Å²) in [7, 11) is -3.46. The van der Waals surface area contributed by atoms with Crippen LogP contribution in [0.2, 0.25) is 0 Å². The van der Waals surface area contributed by atoms with Crippen molar-refractivity contribution in [3.05, 3.63) is 29.8 Å². The van der Waals surface area contributed by atoms with Gasteiger partial charge in [0.2, 0.25) is 10.0 Å². The van der Waals surface area contributed by atoms with Crippen LogP contribution in [-0.4, -0.2) is 38.4 Å². The van der Waals surface area contributed by atoms with Crippen LogP contribution in [0.1, 0.15) is 36.0 Å². The quantitative estimate of drug-likeness (QED) is 0.590. The molecular formula is C15H18N2O4S. The van der Waals surface area contributed by atoms with Gasteiger partial charge in [0.25, 0.3) is 0 Å². The van der Waals surface area contributed by atoms with Gasteiger partial charge in [0.15, 0.2) is 0 Å². The van der Waals surface area contributed by atoms with E-state index >= 15 is 0 Å². The van der Waals surface area contributed by atoms with E-state index in [-0.39, 0.29) is 11.5 Å². The van der Waals surface area contributed by atoms with E-state index < -0.39 is 16.0 Å². The number of hydrogen-bond donors (Lipinski definition) is 0. The number of esters is 1. The van der Waals surface area contributed by atoms with Crippen molar-refractivity contribution in [3.63, 3.8) is 0 Å². The molecule has 1 aliphatic rings. The van der Waals surface area contributed by atoms with Crippen molar-refractivity contribution in [3.8, 4) is 6.07 Å². The van der Waals surface area contributed by atoms with E-state index in [1.807, 2.05) is 6.07 Å². The van der Waals surface area contributed by atoms with Crippen LogP contribution < -0.4 is 0 Å². The lowest BCUT2D eigenvalue weighted by molar-refractivity contribution is 0.0501. The molecule has 0 bridgehead atoms. The maximum absolute atomic E-state index is 12.3. The SMILES string of the molecule is N#CCCCOC(=O)c1ccc(S(=O)(=O)N2CCCC2)cc1. The van der Waals surface area contributed by atoms with Crippen LogP contribution in [0.3, 0.4) is 0 Å². The Morgan fingerprint density at radius 3 is 2.45 bits per heavy atom. The number of nitriles is 1. The second-order valence-electron chi connectivity index (χ2n) is 5.03. The fourth-order valence-corrected chi connectivity index (χ4v) is 3.76. The summed E-state index contributed by atoms with van der Waals surface area (Å²) in [5.41, 5.74) is 0.303. The van der Waals surface area contributed by atoms with Gasteiger partial charge in [0, 0.05) is 19.5 Å². The number of benzene rings is 1. The molecule has 118 valence electrons. The number of nitrogens with zero attached hydrogens (tertiary/aromatic N) is 2. The fraction of sp³-hybridized carbons (Fsp3) is 0.467. The third-order valence-corrected chi connectivity index (χ3v) is 5.37.